The van der Waals surface area contributed by atoms with E-state index in [4.69, 9.17) is 13.9 Å². The third-order valence-corrected chi connectivity index (χ3v) is 3.74. The van der Waals surface area contributed by atoms with Crippen molar-refractivity contribution in [1.82, 2.24) is 10.6 Å². The van der Waals surface area contributed by atoms with Gasteiger partial charge in [0.1, 0.15) is 12.4 Å². The Bertz CT molecular complexity index is 670. The molecule has 0 saturated carbocycles. The van der Waals surface area contributed by atoms with Crippen LogP contribution >= 0.6 is 12.4 Å². The Morgan fingerprint density at radius 1 is 1.25 bits per heavy atom. The van der Waals surface area contributed by atoms with E-state index in [1.807, 2.05) is 24.3 Å². The molecule has 0 spiro atoms. The number of nitrogens with one attached hydrogen (secondary N) is 2. The molecule has 130 valence electrons. The van der Waals surface area contributed by atoms with Gasteiger partial charge in [0.25, 0.3) is 5.91 Å². The summed E-state index contributed by atoms with van der Waals surface area (Å²) in [7, 11) is 1.59. The number of furan rings is 1. The molecule has 1 aromatic heterocycles. The summed E-state index contributed by atoms with van der Waals surface area (Å²) in [5.41, 5.74) is 0. The molecule has 0 unspecified atom stereocenters. The fourth-order valence-corrected chi connectivity index (χ4v) is 2.28. The van der Waals surface area contributed by atoms with E-state index in [1.54, 1.807) is 19.2 Å². The highest BCUT2D eigenvalue weighted by molar-refractivity contribution is 5.91. The van der Waals surface area contributed by atoms with Gasteiger partial charge in [0, 0.05) is 25.6 Å². The molecule has 0 atom stereocenters. The Hall–Kier alpha value is -2.18. The summed E-state index contributed by atoms with van der Waals surface area (Å²) >= 11 is 0. The van der Waals surface area contributed by atoms with Crippen molar-refractivity contribution in [2.24, 2.45) is 5.92 Å². The zero-order chi connectivity index (χ0) is 16.1. The minimum absolute atomic E-state index is 0. The predicted octanol–water partition coefficient (Wildman–Crippen LogP) is 2.24. The number of halogens is 1. The van der Waals surface area contributed by atoms with Gasteiger partial charge in [-0.1, -0.05) is 12.1 Å². The maximum atomic E-state index is 12.0. The minimum atomic E-state index is -0.194. The highest BCUT2D eigenvalue weighted by Gasteiger charge is 2.19. The maximum Gasteiger partial charge on any atom is 0.287 e. The van der Waals surface area contributed by atoms with E-state index in [0.29, 0.717) is 35.5 Å². The smallest absolute Gasteiger partial charge is 0.287 e. The number of carbonyl (C=O) groups is 1. The number of amides is 1. The molecule has 0 radical (unpaired) electrons. The van der Waals surface area contributed by atoms with E-state index in [2.05, 4.69) is 10.6 Å². The van der Waals surface area contributed by atoms with Gasteiger partial charge in [-0.05, 0) is 24.3 Å². The number of carbonyl (C=O) groups excluding carboxylic acids is 1. The molecule has 2 heterocycles. The lowest BCUT2D eigenvalue weighted by molar-refractivity contribution is 0.0910. The summed E-state index contributed by atoms with van der Waals surface area (Å²) in [4.78, 5) is 12.0. The largest absolute Gasteiger partial charge is 0.493 e. The van der Waals surface area contributed by atoms with Crippen LogP contribution in [0.4, 0.5) is 0 Å². The first-order valence-corrected chi connectivity index (χ1v) is 7.59. The Kier molecular flexibility index (Phi) is 6.52. The van der Waals surface area contributed by atoms with Gasteiger partial charge in [-0.25, -0.2) is 0 Å². The average Bonchev–Trinajstić information content (AvgIpc) is 3.00. The van der Waals surface area contributed by atoms with Gasteiger partial charge in [-0.3, -0.25) is 4.79 Å². The van der Waals surface area contributed by atoms with Gasteiger partial charge in [0.05, 0.1) is 7.11 Å². The number of ether oxygens (including phenoxy) is 2. The molecule has 0 bridgehead atoms. The van der Waals surface area contributed by atoms with Crippen LogP contribution in [0.1, 0.15) is 16.3 Å². The van der Waals surface area contributed by atoms with Crippen LogP contribution in [0.5, 0.6) is 11.5 Å². The molecule has 1 aliphatic rings. The molecular formula is C17H21ClN2O4. The highest BCUT2D eigenvalue weighted by Crippen LogP contribution is 2.26. The zero-order valence-corrected chi connectivity index (χ0v) is 14.2. The van der Waals surface area contributed by atoms with Crippen LogP contribution in [0.2, 0.25) is 0 Å². The van der Waals surface area contributed by atoms with E-state index in [1.165, 1.54) is 0 Å². The number of rotatable bonds is 7. The van der Waals surface area contributed by atoms with Gasteiger partial charge in [-0.15, -0.1) is 12.4 Å². The van der Waals surface area contributed by atoms with E-state index in [-0.39, 0.29) is 24.9 Å². The molecule has 2 N–H and O–H groups in total. The van der Waals surface area contributed by atoms with Crippen LogP contribution < -0.4 is 20.1 Å². The Morgan fingerprint density at radius 2 is 2.00 bits per heavy atom. The van der Waals surface area contributed by atoms with E-state index < -0.39 is 0 Å². The number of hydrogen-bond acceptors (Lipinski definition) is 5. The fourth-order valence-electron chi connectivity index (χ4n) is 2.28. The quantitative estimate of drug-likeness (QED) is 0.799. The lowest BCUT2D eigenvalue weighted by Crippen LogP contribution is -2.48. The van der Waals surface area contributed by atoms with Crippen LogP contribution in [0.3, 0.4) is 0 Å². The molecule has 1 aliphatic heterocycles. The predicted molar refractivity (Wildman–Crippen MR) is 92.0 cm³/mol. The van der Waals surface area contributed by atoms with E-state index in [0.717, 1.165) is 13.1 Å². The van der Waals surface area contributed by atoms with Crippen LogP contribution in [-0.2, 0) is 6.61 Å². The zero-order valence-electron chi connectivity index (χ0n) is 13.4. The Balaban J connectivity index is 0.00000208. The van der Waals surface area contributed by atoms with Crippen molar-refractivity contribution in [3.63, 3.8) is 0 Å². The second kappa shape index (κ2) is 8.61. The number of para-hydroxylation sites is 2. The highest BCUT2D eigenvalue weighted by atomic mass is 35.5. The number of benzene rings is 1. The molecule has 3 rings (SSSR count). The molecule has 7 heteroatoms. The topological polar surface area (TPSA) is 72.7 Å². The summed E-state index contributed by atoms with van der Waals surface area (Å²) in [6.45, 7) is 2.81. The summed E-state index contributed by atoms with van der Waals surface area (Å²) < 4.78 is 16.4. The third-order valence-electron chi connectivity index (χ3n) is 3.74. The second-order valence-corrected chi connectivity index (χ2v) is 5.44. The fraction of sp³-hybridized carbons (Fsp3) is 0.353. The Labute approximate surface area is 146 Å². The SMILES string of the molecule is COc1ccccc1OCc1ccc(C(=O)NCC2CNC2)o1.Cl. The van der Waals surface area contributed by atoms with Crippen LogP contribution in [0, 0.1) is 5.92 Å². The summed E-state index contributed by atoms with van der Waals surface area (Å²) in [5, 5.41) is 6.04. The summed E-state index contributed by atoms with van der Waals surface area (Å²) in [6, 6.07) is 10.8. The number of hydrogen-bond donors (Lipinski definition) is 2. The van der Waals surface area contributed by atoms with Gasteiger partial charge < -0.3 is 24.5 Å². The normalized spacial score (nSPS) is 13.5. The standard InChI is InChI=1S/C17H20N2O4.ClH/c1-21-14-4-2-3-5-15(14)22-11-13-6-7-16(23-13)17(20)19-10-12-8-18-9-12;/h2-7,12,18H,8-11H2,1H3,(H,19,20);1H. The van der Waals surface area contributed by atoms with E-state index >= 15 is 0 Å². The first-order chi connectivity index (χ1) is 11.3. The second-order valence-electron chi connectivity index (χ2n) is 5.44. The molecule has 0 aliphatic carbocycles. The molecule has 1 amide bonds. The molecule has 24 heavy (non-hydrogen) atoms. The summed E-state index contributed by atoms with van der Waals surface area (Å²) in [6.07, 6.45) is 0. The van der Waals surface area contributed by atoms with Crippen LogP contribution in [0.15, 0.2) is 40.8 Å². The van der Waals surface area contributed by atoms with Crippen molar-refractivity contribution in [3.05, 3.63) is 47.9 Å². The van der Waals surface area contributed by atoms with Crippen molar-refractivity contribution in [3.8, 4) is 11.5 Å². The monoisotopic (exact) mass is 352 g/mol. The first kappa shape index (κ1) is 18.2. The van der Waals surface area contributed by atoms with Crippen molar-refractivity contribution < 1.29 is 18.7 Å². The van der Waals surface area contributed by atoms with E-state index in [9.17, 15) is 4.79 Å². The van der Waals surface area contributed by atoms with Gasteiger partial charge in [0.2, 0.25) is 0 Å². The van der Waals surface area contributed by atoms with Crippen molar-refractivity contribution in [2.75, 3.05) is 26.7 Å². The average molecular weight is 353 g/mol. The first-order valence-electron chi connectivity index (χ1n) is 7.59. The van der Waals surface area contributed by atoms with Gasteiger partial charge >= 0.3 is 0 Å². The molecule has 1 fully saturated rings. The van der Waals surface area contributed by atoms with Crippen molar-refractivity contribution >= 4 is 18.3 Å². The van der Waals surface area contributed by atoms with Gasteiger partial charge in [0.15, 0.2) is 17.3 Å². The minimum Gasteiger partial charge on any atom is -0.493 e. The third kappa shape index (κ3) is 4.43. The molecule has 6 nitrogen and oxygen atoms in total. The van der Waals surface area contributed by atoms with Crippen molar-refractivity contribution in [1.29, 1.82) is 0 Å². The van der Waals surface area contributed by atoms with Crippen LogP contribution in [-0.4, -0.2) is 32.7 Å². The number of methoxy groups -OCH3 is 1. The lowest BCUT2D eigenvalue weighted by Gasteiger charge is -2.26. The summed E-state index contributed by atoms with van der Waals surface area (Å²) in [5.74, 6) is 2.51. The van der Waals surface area contributed by atoms with Crippen molar-refractivity contribution in [2.45, 2.75) is 6.61 Å². The van der Waals surface area contributed by atoms with Crippen LogP contribution in [0.25, 0.3) is 0 Å². The van der Waals surface area contributed by atoms with Gasteiger partial charge in [-0.2, -0.15) is 0 Å². The molecular weight excluding hydrogens is 332 g/mol. The lowest BCUT2D eigenvalue weighted by atomic mass is 10.0. The maximum absolute atomic E-state index is 12.0. The Morgan fingerprint density at radius 3 is 2.67 bits per heavy atom. The molecule has 2 aromatic rings. The molecule has 1 aromatic carbocycles. The molecule has 1 saturated heterocycles.